The molecule has 0 aromatic carbocycles. The first-order valence-electron chi connectivity index (χ1n) is 7.63. The molecule has 0 heterocycles. The molecule has 1 atom stereocenters. The van der Waals surface area contributed by atoms with E-state index in [0.29, 0.717) is 6.42 Å². The predicted octanol–water partition coefficient (Wildman–Crippen LogP) is 4.30. The Balaban J connectivity index is 2.77. The van der Waals surface area contributed by atoms with Gasteiger partial charge in [0.15, 0.2) is 19.7 Å². The van der Waals surface area contributed by atoms with Crippen molar-refractivity contribution in [2.75, 3.05) is 0 Å². The molecule has 0 spiro atoms. The molecule has 0 radical (unpaired) electrons. The number of Topliss-reactive ketones (excluding diaryl/α,β-unsaturated/α-hetero) is 1. The lowest BCUT2D eigenvalue weighted by atomic mass is 9.84. The molecule has 0 N–H and O–H groups in total. The van der Waals surface area contributed by atoms with Gasteiger partial charge in [-0.3, -0.25) is 4.79 Å². The lowest BCUT2D eigenvalue weighted by molar-refractivity contribution is -0.133. The zero-order valence-corrected chi connectivity index (χ0v) is 14.0. The van der Waals surface area contributed by atoms with Crippen molar-refractivity contribution in [2.45, 2.75) is 83.5 Å². The van der Waals surface area contributed by atoms with E-state index in [-0.39, 0.29) is 5.78 Å². The number of unbranched alkanes of at least 4 members (excludes halogenated alkanes) is 3. The van der Waals surface area contributed by atoms with Crippen molar-refractivity contribution < 1.29 is 9.22 Å². The maximum absolute atomic E-state index is 12.3. The summed E-state index contributed by atoms with van der Waals surface area (Å²) in [5.74, 6) is 6.64. The molecule has 0 saturated heterocycles. The van der Waals surface area contributed by atoms with Crippen LogP contribution in [0.3, 0.4) is 0 Å². The van der Waals surface area contributed by atoms with Gasteiger partial charge in [0.05, 0.1) is 0 Å². The van der Waals surface area contributed by atoms with Gasteiger partial charge in [0.25, 0.3) is 0 Å². The van der Waals surface area contributed by atoms with Crippen molar-refractivity contribution in [1.29, 1.82) is 0 Å². The van der Waals surface area contributed by atoms with Gasteiger partial charge in [-0.1, -0.05) is 31.6 Å². The Bertz CT molecular complexity index is 359. The standard InChI is InChI=1S/C16H28O2Si/c1-5-6-7-8-10-13-16(18-19(2,3)4)14-11-9-12-15(16)17/h5-9,11-12,14H2,1-4H3. The van der Waals surface area contributed by atoms with Gasteiger partial charge in [-0.15, -0.1) is 0 Å². The van der Waals surface area contributed by atoms with Crippen LogP contribution in [0.15, 0.2) is 0 Å². The van der Waals surface area contributed by atoms with Crippen LogP contribution in [0.4, 0.5) is 0 Å². The van der Waals surface area contributed by atoms with Gasteiger partial charge in [-0.2, -0.15) is 0 Å². The molecule has 108 valence electrons. The Morgan fingerprint density at radius 1 is 1.26 bits per heavy atom. The van der Waals surface area contributed by atoms with Crippen LogP contribution < -0.4 is 0 Å². The Kier molecular flexibility index (Phi) is 6.29. The number of hydrogen-bond acceptors (Lipinski definition) is 2. The smallest absolute Gasteiger partial charge is 0.186 e. The van der Waals surface area contributed by atoms with Crippen molar-refractivity contribution in [1.82, 2.24) is 0 Å². The first kappa shape index (κ1) is 16.5. The number of hydrogen-bond donors (Lipinski definition) is 0. The summed E-state index contributed by atoms with van der Waals surface area (Å²) in [6.07, 6.45) is 7.90. The van der Waals surface area contributed by atoms with Crippen LogP contribution in [0.25, 0.3) is 0 Å². The molecule has 19 heavy (non-hydrogen) atoms. The number of ketones is 1. The molecular formula is C16H28O2Si. The first-order valence-corrected chi connectivity index (χ1v) is 11.0. The quantitative estimate of drug-likeness (QED) is 0.426. The fourth-order valence-corrected chi connectivity index (χ4v) is 3.77. The molecule has 1 unspecified atom stereocenters. The summed E-state index contributed by atoms with van der Waals surface area (Å²) in [5.41, 5.74) is -0.769. The third kappa shape index (κ3) is 5.50. The molecule has 1 saturated carbocycles. The van der Waals surface area contributed by atoms with Crippen LogP contribution in [0, 0.1) is 11.8 Å². The molecule has 1 fully saturated rings. The van der Waals surface area contributed by atoms with Crippen molar-refractivity contribution in [3.63, 3.8) is 0 Å². The van der Waals surface area contributed by atoms with Crippen LogP contribution in [-0.4, -0.2) is 19.7 Å². The van der Waals surface area contributed by atoms with Crippen LogP contribution in [0.1, 0.15) is 58.3 Å². The molecule has 0 aromatic rings. The van der Waals surface area contributed by atoms with Crippen molar-refractivity contribution in [2.24, 2.45) is 0 Å². The SMILES string of the molecule is CCCCCC#CC1(O[Si](C)(C)C)CCCCC1=O. The molecule has 1 rings (SSSR count). The van der Waals surface area contributed by atoms with E-state index in [9.17, 15) is 4.79 Å². The summed E-state index contributed by atoms with van der Waals surface area (Å²) in [7, 11) is -1.76. The summed E-state index contributed by atoms with van der Waals surface area (Å²) in [5, 5.41) is 0. The number of carbonyl (C=O) groups is 1. The zero-order valence-electron chi connectivity index (χ0n) is 13.0. The van der Waals surface area contributed by atoms with Gasteiger partial charge in [-0.25, -0.2) is 0 Å². The fraction of sp³-hybridized carbons (Fsp3) is 0.812. The van der Waals surface area contributed by atoms with E-state index in [0.717, 1.165) is 32.1 Å². The fourth-order valence-electron chi connectivity index (χ4n) is 2.46. The second-order valence-electron chi connectivity index (χ2n) is 6.43. The van der Waals surface area contributed by atoms with Crippen LogP contribution >= 0.6 is 0 Å². The third-order valence-corrected chi connectivity index (χ3v) is 4.27. The molecule has 0 aliphatic heterocycles. The van der Waals surface area contributed by atoms with Crippen LogP contribution in [0.5, 0.6) is 0 Å². The average Bonchev–Trinajstić information content (AvgIpc) is 2.31. The number of carbonyl (C=O) groups excluding carboxylic acids is 1. The van der Waals surface area contributed by atoms with Crippen molar-refractivity contribution >= 4 is 14.1 Å². The lowest BCUT2D eigenvalue weighted by Crippen LogP contribution is -2.49. The third-order valence-electron chi connectivity index (χ3n) is 3.31. The Morgan fingerprint density at radius 3 is 2.58 bits per heavy atom. The largest absolute Gasteiger partial charge is 0.396 e. The first-order chi connectivity index (χ1) is 8.90. The molecule has 1 aliphatic rings. The monoisotopic (exact) mass is 280 g/mol. The highest BCUT2D eigenvalue weighted by Gasteiger charge is 2.42. The summed E-state index contributed by atoms with van der Waals surface area (Å²) >= 11 is 0. The van der Waals surface area contributed by atoms with E-state index in [4.69, 9.17) is 4.43 Å². The molecular weight excluding hydrogens is 252 g/mol. The molecule has 3 heteroatoms. The molecule has 0 aromatic heterocycles. The summed E-state index contributed by atoms with van der Waals surface area (Å²) < 4.78 is 6.20. The van der Waals surface area contributed by atoms with Crippen LogP contribution in [0.2, 0.25) is 19.6 Å². The normalized spacial score (nSPS) is 23.9. The van der Waals surface area contributed by atoms with Gasteiger partial charge in [0, 0.05) is 12.8 Å². The second kappa shape index (κ2) is 7.26. The topological polar surface area (TPSA) is 26.3 Å². The lowest BCUT2D eigenvalue weighted by Gasteiger charge is -2.36. The maximum atomic E-state index is 12.3. The molecule has 2 nitrogen and oxygen atoms in total. The van der Waals surface area contributed by atoms with Gasteiger partial charge in [0.1, 0.15) is 0 Å². The molecule has 1 aliphatic carbocycles. The molecule has 0 bridgehead atoms. The average molecular weight is 280 g/mol. The minimum Gasteiger partial charge on any atom is -0.396 e. The maximum Gasteiger partial charge on any atom is 0.186 e. The highest BCUT2D eigenvalue weighted by molar-refractivity contribution is 6.70. The zero-order chi connectivity index (χ0) is 14.4. The van der Waals surface area contributed by atoms with E-state index in [1.165, 1.54) is 12.8 Å². The van der Waals surface area contributed by atoms with E-state index in [1.807, 2.05) is 0 Å². The van der Waals surface area contributed by atoms with Crippen LogP contribution in [-0.2, 0) is 9.22 Å². The van der Waals surface area contributed by atoms with Gasteiger partial charge < -0.3 is 4.43 Å². The van der Waals surface area contributed by atoms with Gasteiger partial charge >= 0.3 is 0 Å². The minimum absolute atomic E-state index is 0.212. The highest BCUT2D eigenvalue weighted by Crippen LogP contribution is 2.31. The number of rotatable bonds is 5. The van der Waals surface area contributed by atoms with Crippen molar-refractivity contribution in [3.8, 4) is 11.8 Å². The van der Waals surface area contributed by atoms with E-state index < -0.39 is 13.9 Å². The summed E-state index contributed by atoms with van der Waals surface area (Å²) in [6, 6.07) is 0. The highest BCUT2D eigenvalue weighted by atomic mass is 28.4. The minimum atomic E-state index is -1.76. The summed E-state index contributed by atoms with van der Waals surface area (Å²) in [6.45, 7) is 8.59. The Morgan fingerprint density at radius 2 is 2.00 bits per heavy atom. The second-order valence-corrected chi connectivity index (χ2v) is 10.9. The van der Waals surface area contributed by atoms with E-state index >= 15 is 0 Å². The summed E-state index contributed by atoms with van der Waals surface area (Å²) in [4.78, 5) is 12.3. The van der Waals surface area contributed by atoms with Gasteiger partial charge in [0.2, 0.25) is 0 Å². The predicted molar refractivity (Wildman–Crippen MR) is 82.6 cm³/mol. The van der Waals surface area contributed by atoms with Gasteiger partial charge in [-0.05, 0) is 45.3 Å². The Labute approximate surface area is 119 Å². The van der Waals surface area contributed by atoms with E-state index in [1.54, 1.807) is 0 Å². The Hall–Kier alpha value is -0.593. The molecule has 0 amide bonds. The van der Waals surface area contributed by atoms with Crippen molar-refractivity contribution in [3.05, 3.63) is 0 Å². The van der Waals surface area contributed by atoms with E-state index in [2.05, 4.69) is 38.4 Å².